The highest BCUT2D eigenvalue weighted by Gasteiger charge is 2.45. The summed E-state index contributed by atoms with van der Waals surface area (Å²) in [6.07, 6.45) is -0.120. The fraction of sp³-hybridized carbons (Fsp3) is 0.760. The van der Waals surface area contributed by atoms with E-state index in [9.17, 15) is 35.1 Å². The maximum Gasteiger partial charge on any atom is 0.461 e. The van der Waals surface area contributed by atoms with Gasteiger partial charge in [0.2, 0.25) is 0 Å². The number of hydrogen-bond donors (Lipinski definition) is 0. The third-order valence-electron chi connectivity index (χ3n) is 6.82. The van der Waals surface area contributed by atoms with Crippen LogP contribution in [0.25, 0.3) is 0 Å². The summed E-state index contributed by atoms with van der Waals surface area (Å²) >= 11 is 0. The van der Waals surface area contributed by atoms with E-state index < -0.39 is 36.1 Å². The van der Waals surface area contributed by atoms with E-state index in [1.807, 2.05) is 0 Å². The first kappa shape index (κ1) is 28.7. The van der Waals surface area contributed by atoms with Crippen LogP contribution in [0.5, 0.6) is 5.75 Å². The van der Waals surface area contributed by atoms with Gasteiger partial charge in [-0.25, -0.2) is 13.2 Å². The lowest BCUT2D eigenvalue weighted by molar-refractivity contribution is -0.255. The molecule has 0 bridgehead atoms. The third-order valence-corrected chi connectivity index (χ3v) is 6.82. The van der Waals surface area contributed by atoms with E-state index in [0.717, 1.165) is 24.5 Å². The lowest BCUT2D eigenvalue weighted by Gasteiger charge is -2.27. The number of hydrogen-bond acceptors (Lipinski definition) is 1. The van der Waals surface area contributed by atoms with Crippen LogP contribution in [0.2, 0.25) is 0 Å². The molecule has 9 heteroatoms. The molecule has 3 rings (SSSR count). The quantitative estimate of drug-likeness (QED) is 0.322. The van der Waals surface area contributed by atoms with Gasteiger partial charge in [-0.2, -0.15) is 17.6 Å². The number of benzene rings is 1. The molecular formula is C25H34F8O. The molecule has 2 fully saturated rings. The minimum atomic E-state index is -4.99. The van der Waals surface area contributed by atoms with Gasteiger partial charge in [-0.05, 0) is 67.6 Å². The summed E-state index contributed by atoms with van der Waals surface area (Å²) in [5, 5.41) is 0. The summed E-state index contributed by atoms with van der Waals surface area (Å²) in [6.45, 7) is 2.15. The van der Waals surface area contributed by atoms with Gasteiger partial charge in [0.05, 0.1) is 6.67 Å². The molecule has 0 heterocycles. The van der Waals surface area contributed by atoms with Crippen molar-refractivity contribution in [2.24, 2.45) is 11.8 Å². The zero-order chi connectivity index (χ0) is 25.3. The molecule has 0 aromatic heterocycles. The van der Waals surface area contributed by atoms with E-state index in [4.69, 9.17) is 0 Å². The van der Waals surface area contributed by atoms with Crippen molar-refractivity contribution in [3.8, 4) is 5.75 Å². The molecule has 0 atom stereocenters. The summed E-state index contributed by atoms with van der Waals surface area (Å²) in [6, 6.07) is 1.53. The van der Waals surface area contributed by atoms with Crippen molar-refractivity contribution < 1.29 is 39.9 Å². The fourth-order valence-electron chi connectivity index (χ4n) is 4.85. The molecule has 0 amide bonds. The van der Waals surface area contributed by atoms with Gasteiger partial charge in [-0.15, -0.1) is 0 Å². The van der Waals surface area contributed by atoms with Crippen molar-refractivity contribution in [3.05, 3.63) is 29.3 Å². The lowest BCUT2D eigenvalue weighted by Crippen LogP contribution is -2.34. The Morgan fingerprint density at radius 3 is 1.82 bits per heavy atom. The van der Waals surface area contributed by atoms with Crippen molar-refractivity contribution in [1.29, 1.82) is 0 Å². The molecule has 196 valence electrons. The molecule has 0 N–H and O–H groups in total. The molecule has 2 saturated carbocycles. The first-order valence-electron chi connectivity index (χ1n) is 12.1. The summed E-state index contributed by atoms with van der Waals surface area (Å²) in [5.74, 6) is -3.15. The average molecular weight is 503 g/mol. The van der Waals surface area contributed by atoms with E-state index in [2.05, 4.69) is 11.7 Å². The van der Waals surface area contributed by atoms with Crippen LogP contribution in [-0.2, 0) is 0 Å². The minimum absolute atomic E-state index is 0.108. The highest BCUT2D eigenvalue weighted by molar-refractivity contribution is 5.33. The number of halogens is 8. The molecule has 34 heavy (non-hydrogen) atoms. The van der Waals surface area contributed by atoms with Crippen LogP contribution >= 0.6 is 0 Å². The van der Waals surface area contributed by atoms with Gasteiger partial charge in [0.25, 0.3) is 0 Å². The molecule has 0 radical (unpaired) electrons. The Bertz CT molecular complexity index is 689. The van der Waals surface area contributed by atoms with Gasteiger partial charge in [-0.1, -0.05) is 45.4 Å². The van der Waals surface area contributed by atoms with Crippen LogP contribution in [0.15, 0.2) is 12.1 Å². The molecule has 2 aliphatic carbocycles. The SMILES string of the molecule is CCCC1CCC(CCF)CC1.Fc1cc(C2CCC(F)CC2)cc(F)c1OC(F)(F)C(F)F. The average Bonchev–Trinajstić information content (AvgIpc) is 2.79. The standard InChI is InChI=1S/C14H13F7O.C11H21F/c15-9-3-1-7(2-4-9)8-5-10(16)12(11(17)6-8)22-14(20,21)13(18)19;1-2-3-10-4-6-11(7-5-10)8-9-12/h5-7,9,13H,1-4H2;10-11H,2-9H2,1H3. The summed E-state index contributed by atoms with van der Waals surface area (Å²) in [5.41, 5.74) is 0.176. The van der Waals surface area contributed by atoms with Crippen LogP contribution in [0.4, 0.5) is 35.1 Å². The Morgan fingerprint density at radius 1 is 0.882 bits per heavy atom. The van der Waals surface area contributed by atoms with Crippen LogP contribution < -0.4 is 4.74 Å². The Hall–Kier alpha value is -1.54. The van der Waals surface area contributed by atoms with Gasteiger partial charge >= 0.3 is 12.5 Å². The molecule has 1 aromatic carbocycles. The molecular weight excluding hydrogens is 468 g/mol. The van der Waals surface area contributed by atoms with Gasteiger partial charge in [0.1, 0.15) is 6.17 Å². The fourth-order valence-corrected chi connectivity index (χ4v) is 4.85. The second kappa shape index (κ2) is 13.5. The Labute approximate surface area is 196 Å². The van der Waals surface area contributed by atoms with Gasteiger partial charge < -0.3 is 4.74 Å². The normalized spacial score (nSPS) is 25.6. The Balaban J connectivity index is 0.000000287. The second-order valence-corrected chi connectivity index (χ2v) is 9.38. The predicted octanol–water partition coefficient (Wildman–Crippen LogP) is 9.15. The van der Waals surface area contributed by atoms with Crippen molar-refractivity contribution in [2.45, 2.75) is 102 Å². The van der Waals surface area contributed by atoms with Crippen molar-refractivity contribution in [2.75, 3.05) is 6.67 Å². The molecule has 0 saturated heterocycles. The van der Waals surface area contributed by atoms with Crippen molar-refractivity contribution in [1.82, 2.24) is 0 Å². The zero-order valence-electron chi connectivity index (χ0n) is 19.5. The van der Waals surface area contributed by atoms with Gasteiger partial charge in [-0.3, -0.25) is 4.39 Å². The summed E-state index contributed by atoms with van der Waals surface area (Å²) < 4.78 is 105. The maximum atomic E-state index is 13.7. The van der Waals surface area contributed by atoms with E-state index in [1.165, 1.54) is 38.5 Å². The summed E-state index contributed by atoms with van der Waals surface area (Å²) in [4.78, 5) is 0. The number of ether oxygens (including phenoxy) is 1. The van der Waals surface area contributed by atoms with E-state index in [-0.39, 0.29) is 31.0 Å². The highest BCUT2D eigenvalue weighted by Crippen LogP contribution is 2.38. The predicted molar refractivity (Wildman–Crippen MR) is 115 cm³/mol. The molecule has 0 spiro atoms. The lowest BCUT2D eigenvalue weighted by atomic mass is 9.79. The minimum Gasteiger partial charge on any atom is -0.422 e. The topological polar surface area (TPSA) is 9.23 Å². The number of alkyl halides is 6. The van der Waals surface area contributed by atoms with Crippen LogP contribution in [-0.4, -0.2) is 25.4 Å². The second-order valence-electron chi connectivity index (χ2n) is 9.38. The largest absolute Gasteiger partial charge is 0.461 e. The summed E-state index contributed by atoms with van der Waals surface area (Å²) in [7, 11) is 0. The monoisotopic (exact) mass is 502 g/mol. The van der Waals surface area contributed by atoms with Crippen molar-refractivity contribution in [3.63, 3.8) is 0 Å². The van der Waals surface area contributed by atoms with E-state index in [1.54, 1.807) is 0 Å². The Kier molecular flexibility index (Phi) is 11.4. The molecule has 0 aliphatic heterocycles. The first-order chi connectivity index (χ1) is 16.1. The molecule has 2 aliphatic rings. The molecule has 1 nitrogen and oxygen atoms in total. The maximum absolute atomic E-state index is 13.7. The van der Waals surface area contributed by atoms with E-state index in [0.29, 0.717) is 18.8 Å². The number of rotatable bonds is 8. The van der Waals surface area contributed by atoms with Gasteiger partial charge in [0.15, 0.2) is 17.4 Å². The molecule has 1 aromatic rings. The van der Waals surface area contributed by atoms with Crippen LogP contribution in [0.1, 0.15) is 89.0 Å². The first-order valence-corrected chi connectivity index (χ1v) is 12.1. The third kappa shape index (κ3) is 8.59. The zero-order valence-corrected chi connectivity index (χ0v) is 19.5. The van der Waals surface area contributed by atoms with Gasteiger partial charge in [0, 0.05) is 0 Å². The van der Waals surface area contributed by atoms with Crippen molar-refractivity contribution >= 4 is 0 Å². The molecule has 0 unspecified atom stereocenters. The smallest absolute Gasteiger partial charge is 0.422 e. The Morgan fingerprint density at radius 2 is 1.38 bits per heavy atom. The van der Waals surface area contributed by atoms with E-state index >= 15 is 0 Å². The van der Waals surface area contributed by atoms with Crippen LogP contribution in [0, 0.1) is 23.5 Å². The highest BCUT2D eigenvalue weighted by atomic mass is 19.3. The van der Waals surface area contributed by atoms with Crippen LogP contribution in [0.3, 0.4) is 0 Å².